The quantitative estimate of drug-likeness (QED) is 0.815. The molecule has 110 valence electrons. The molecule has 0 unspecified atom stereocenters. The Morgan fingerprint density at radius 3 is 2.81 bits per heavy atom. The van der Waals surface area contributed by atoms with Gasteiger partial charge >= 0.3 is 5.97 Å². The van der Waals surface area contributed by atoms with Crippen molar-refractivity contribution in [3.63, 3.8) is 0 Å². The van der Waals surface area contributed by atoms with Crippen LogP contribution in [0.2, 0.25) is 0 Å². The fourth-order valence-corrected chi connectivity index (χ4v) is 1.93. The number of carbonyl (C=O) groups excluding carboxylic acids is 1. The molecule has 0 saturated heterocycles. The average molecular weight is 287 g/mol. The van der Waals surface area contributed by atoms with Crippen LogP contribution in [-0.2, 0) is 22.6 Å². The third kappa shape index (κ3) is 5.10. The number of nitrogens with zero attached hydrogens (tertiary/aromatic N) is 2. The zero-order valence-corrected chi connectivity index (χ0v) is 11.5. The number of rotatable bonds is 7. The summed E-state index contributed by atoms with van der Waals surface area (Å²) in [5.41, 5.74) is 1.57. The number of hydrogen-bond acceptors (Lipinski definition) is 3. The Labute approximate surface area is 122 Å². The van der Waals surface area contributed by atoms with Crippen molar-refractivity contribution >= 4 is 17.6 Å². The van der Waals surface area contributed by atoms with Gasteiger partial charge in [0.2, 0.25) is 5.91 Å². The minimum Gasteiger partial charge on any atom is -0.481 e. The molecule has 1 aromatic carbocycles. The molecule has 2 N–H and O–H groups in total. The Balaban J connectivity index is 1.85. The highest BCUT2D eigenvalue weighted by Crippen LogP contribution is 2.12. The smallest absolute Gasteiger partial charge is 0.303 e. The van der Waals surface area contributed by atoms with Crippen LogP contribution in [0.5, 0.6) is 0 Å². The van der Waals surface area contributed by atoms with Gasteiger partial charge in [-0.05, 0) is 30.2 Å². The van der Waals surface area contributed by atoms with E-state index in [1.54, 1.807) is 35.3 Å². The van der Waals surface area contributed by atoms with Crippen molar-refractivity contribution in [1.29, 1.82) is 0 Å². The maximum Gasteiger partial charge on any atom is 0.303 e. The van der Waals surface area contributed by atoms with Crippen LogP contribution in [0.25, 0.3) is 0 Å². The van der Waals surface area contributed by atoms with Gasteiger partial charge in [0.05, 0.1) is 0 Å². The van der Waals surface area contributed by atoms with Crippen molar-refractivity contribution in [2.24, 2.45) is 0 Å². The van der Waals surface area contributed by atoms with Crippen LogP contribution in [0.3, 0.4) is 0 Å². The molecule has 2 aromatic rings. The second-order valence-electron chi connectivity index (χ2n) is 4.66. The van der Waals surface area contributed by atoms with E-state index in [0.717, 1.165) is 5.56 Å². The molecule has 1 aromatic heterocycles. The molecular formula is C15H17N3O3. The number of amides is 1. The van der Waals surface area contributed by atoms with Gasteiger partial charge in [0.1, 0.15) is 0 Å². The van der Waals surface area contributed by atoms with E-state index in [-0.39, 0.29) is 12.3 Å². The summed E-state index contributed by atoms with van der Waals surface area (Å²) in [6.45, 7) is 0.525. The summed E-state index contributed by atoms with van der Waals surface area (Å²) >= 11 is 0. The van der Waals surface area contributed by atoms with Gasteiger partial charge in [-0.1, -0.05) is 12.1 Å². The van der Waals surface area contributed by atoms with Crippen molar-refractivity contribution in [2.45, 2.75) is 25.8 Å². The maximum atomic E-state index is 11.8. The fraction of sp³-hybridized carbons (Fsp3) is 0.267. The number of carboxylic acids is 1. The first-order valence-electron chi connectivity index (χ1n) is 6.71. The Bertz CT molecular complexity index is 608. The molecule has 6 heteroatoms. The predicted octanol–water partition coefficient (Wildman–Crippen LogP) is 1.93. The largest absolute Gasteiger partial charge is 0.481 e. The number of carbonyl (C=O) groups is 2. The highest BCUT2D eigenvalue weighted by atomic mass is 16.4. The van der Waals surface area contributed by atoms with Gasteiger partial charge < -0.3 is 10.4 Å². The second-order valence-corrected chi connectivity index (χ2v) is 4.66. The molecule has 21 heavy (non-hydrogen) atoms. The lowest BCUT2D eigenvalue weighted by Crippen LogP contribution is -2.14. The summed E-state index contributed by atoms with van der Waals surface area (Å²) < 4.78 is 1.70. The van der Waals surface area contributed by atoms with E-state index in [4.69, 9.17) is 5.11 Å². The Morgan fingerprint density at radius 1 is 1.24 bits per heavy atom. The lowest BCUT2D eigenvalue weighted by molar-refractivity contribution is -0.137. The van der Waals surface area contributed by atoms with Crippen LogP contribution in [0.15, 0.2) is 42.7 Å². The molecule has 6 nitrogen and oxygen atoms in total. The number of aliphatic carboxylic acids is 1. The molecule has 2 rings (SSSR count). The zero-order valence-electron chi connectivity index (χ0n) is 11.5. The molecule has 0 aliphatic rings. The van der Waals surface area contributed by atoms with E-state index >= 15 is 0 Å². The highest BCUT2D eigenvalue weighted by molar-refractivity contribution is 5.90. The Kier molecular flexibility index (Phi) is 5.09. The molecule has 0 saturated carbocycles. The third-order valence-corrected chi connectivity index (χ3v) is 2.97. The molecule has 0 radical (unpaired) electrons. The van der Waals surface area contributed by atoms with Crippen LogP contribution >= 0.6 is 0 Å². The van der Waals surface area contributed by atoms with Crippen LogP contribution in [0.4, 0.5) is 5.69 Å². The predicted molar refractivity (Wildman–Crippen MR) is 77.9 cm³/mol. The minimum atomic E-state index is -0.830. The Morgan fingerprint density at radius 2 is 2.10 bits per heavy atom. The van der Waals surface area contributed by atoms with Gasteiger partial charge in [0, 0.05) is 37.5 Å². The topological polar surface area (TPSA) is 84.2 Å². The number of benzene rings is 1. The summed E-state index contributed by atoms with van der Waals surface area (Å²) in [6.07, 6.45) is 4.34. The monoisotopic (exact) mass is 287 g/mol. The molecular weight excluding hydrogens is 270 g/mol. The first kappa shape index (κ1) is 14.8. The van der Waals surface area contributed by atoms with Crippen molar-refractivity contribution in [2.75, 3.05) is 5.32 Å². The van der Waals surface area contributed by atoms with Gasteiger partial charge in [0.15, 0.2) is 0 Å². The SMILES string of the molecule is O=C(O)CCc1cccc(NC(=O)CCn2cccn2)c1. The average Bonchev–Trinajstić information content (AvgIpc) is 2.97. The molecule has 0 aliphatic carbocycles. The van der Waals surface area contributed by atoms with Gasteiger partial charge in [-0.15, -0.1) is 0 Å². The van der Waals surface area contributed by atoms with E-state index in [2.05, 4.69) is 10.4 Å². The van der Waals surface area contributed by atoms with Crippen LogP contribution in [-0.4, -0.2) is 26.8 Å². The van der Waals surface area contributed by atoms with E-state index < -0.39 is 5.97 Å². The number of anilines is 1. The van der Waals surface area contributed by atoms with E-state index in [1.807, 2.05) is 12.1 Å². The maximum absolute atomic E-state index is 11.8. The highest BCUT2D eigenvalue weighted by Gasteiger charge is 2.05. The molecule has 1 amide bonds. The standard InChI is InChI=1S/C15H17N3O3/c19-14(7-10-18-9-2-8-16-18)17-13-4-1-3-12(11-13)5-6-15(20)21/h1-4,8-9,11H,5-7,10H2,(H,17,19)(H,20,21). The second kappa shape index (κ2) is 7.23. The van der Waals surface area contributed by atoms with Crippen LogP contribution < -0.4 is 5.32 Å². The fourth-order valence-electron chi connectivity index (χ4n) is 1.93. The summed E-state index contributed by atoms with van der Waals surface area (Å²) in [6, 6.07) is 9.05. The zero-order chi connectivity index (χ0) is 15.1. The van der Waals surface area contributed by atoms with Crippen molar-refractivity contribution < 1.29 is 14.7 Å². The van der Waals surface area contributed by atoms with Crippen molar-refractivity contribution in [1.82, 2.24) is 9.78 Å². The summed E-state index contributed by atoms with van der Waals surface area (Å²) in [4.78, 5) is 22.4. The lowest BCUT2D eigenvalue weighted by atomic mass is 10.1. The van der Waals surface area contributed by atoms with E-state index in [1.165, 1.54) is 0 Å². The summed E-state index contributed by atoms with van der Waals surface area (Å²) in [7, 11) is 0. The number of nitrogens with one attached hydrogen (secondary N) is 1. The summed E-state index contributed by atoms with van der Waals surface area (Å²) in [5, 5.41) is 15.5. The molecule has 0 spiro atoms. The molecule has 0 fully saturated rings. The Hall–Kier alpha value is -2.63. The normalized spacial score (nSPS) is 10.3. The molecule has 0 atom stereocenters. The van der Waals surface area contributed by atoms with Gasteiger partial charge in [0.25, 0.3) is 0 Å². The molecule has 1 heterocycles. The molecule has 0 bridgehead atoms. The van der Waals surface area contributed by atoms with Crippen molar-refractivity contribution in [3.05, 3.63) is 48.3 Å². The molecule has 0 aliphatic heterocycles. The number of hydrogen-bond donors (Lipinski definition) is 2. The van der Waals surface area contributed by atoms with E-state index in [0.29, 0.717) is 25.1 Å². The van der Waals surface area contributed by atoms with Gasteiger partial charge in [-0.3, -0.25) is 14.3 Å². The number of carboxylic acid groups (broad SMARTS) is 1. The van der Waals surface area contributed by atoms with Gasteiger partial charge in [-0.2, -0.15) is 5.10 Å². The van der Waals surface area contributed by atoms with Gasteiger partial charge in [-0.25, -0.2) is 0 Å². The van der Waals surface area contributed by atoms with E-state index in [9.17, 15) is 9.59 Å². The van der Waals surface area contributed by atoms with Crippen molar-refractivity contribution in [3.8, 4) is 0 Å². The summed E-state index contributed by atoms with van der Waals surface area (Å²) in [5.74, 6) is -0.926. The minimum absolute atomic E-state index is 0.0801. The number of aromatic nitrogens is 2. The third-order valence-electron chi connectivity index (χ3n) is 2.97. The van der Waals surface area contributed by atoms with Crippen LogP contribution in [0, 0.1) is 0 Å². The lowest BCUT2D eigenvalue weighted by Gasteiger charge is -2.07. The first-order chi connectivity index (χ1) is 10.1. The first-order valence-corrected chi connectivity index (χ1v) is 6.71. The number of aryl methyl sites for hydroxylation is 2. The van der Waals surface area contributed by atoms with Crippen LogP contribution in [0.1, 0.15) is 18.4 Å².